The van der Waals surface area contributed by atoms with Gasteiger partial charge in [-0.05, 0) is 67.8 Å². The number of nitrogens with zero attached hydrogens (tertiary/aromatic N) is 1. The first-order valence-electron chi connectivity index (χ1n) is 11.7. The Balaban J connectivity index is 1.45. The topological polar surface area (TPSA) is 131 Å². The second-order valence-electron chi connectivity index (χ2n) is 8.54. The number of methoxy groups -OCH3 is 1. The number of sulfonamides is 1. The van der Waals surface area contributed by atoms with Crippen LogP contribution >= 0.6 is 0 Å². The van der Waals surface area contributed by atoms with Crippen molar-refractivity contribution < 1.29 is 27.1 Å². The molecule has 0 radical (unpaired) electrons. The molecule has 1 fully saturated rings. The summed E-state index contributed by atoms with van der Waals surface area (Å²) in [4.78, 5) is 12.8. The Morgan fingerprint density at radius 1 is 1.11 bits per heavy atom. The largest absolute Gasteiger partial charge is 0.496 e. The zero-order chi connectivity index (χ0) is 26.4. The molecule has 0 saturated carbocycles. The van der Waals surface area contributed by atoms with E-state index in [1.807, 2.05) is 13.0 Å². The molecule has 0 unspecified atom stereocenters. The van der Waals surface area contributed by atoms with Crippen LogP contribution in [0.15, 0.2) is 69.5 Å². The van der Waals surface area contributed by atoms with Crippen molar-refractivity contribution in [2.24, 2.45) is 0 Å². The van der Waals surface area contributed by atoms with E-state index in [1.165, 1.54) is 18.2 Å². The van der Waals surface area contributed by atoms with Crippen molar-refractivity contribution >= 4 is 27.7 Å². The quantitative estimate of drug-likeness (QED) is 0.334. The fourth-order valence-electron chi connectivity index (χ4n) is 3.87. The average molecular weight is 522 g/mol. The number of furan rings is 1. The zero-order valence-corrected chi connectivity index (χ0v) is 21.3. The average Bonchev–Trinajstić information content (AvgIpc) is 3.37. The molecule has 1 aliphatic heterocycles. The molecule has 9 nitrogen and oxygen atoms in total. The van der Waals surface area contributed by atoms with Crippen LogP contribution in [0, 0.1) is 18.3 Å². The number of nitrogens with one attached hydrogen (secondary N) is 2. The first kappa shape index (κ1) is 26.2. The van der Waals surface area contributed by atoms with Crippen LogP contribution in [0.4, 0.5) is 5.69 Å². The van der Waals surface area contributed by atoms with Gasteiger partial charge in [-0.1, -0.05) is 6.07 Å². The fraction of sp³-hybridized carbons (Fsp3) is 0.259. The minimum atomic E-state index is -3.65. The van der Waals surface area contributed by atoms with Crippen molar-refractivity contribution in [2.45, 2.75) is 30.7 Å². The molecule has 1 aliphatic rings. The predicted molar refractivity (Wildman–Crippen MR) is 138 cm³/mol. The molecule has 0 aliphatic carbocycles. The molecule has 1 saturated heterocycles. The smallest absolute Gasteiger partial charge is 0.266 e. The van der Waals surface area contributed by atoms with E-state index in [9.17, 15) is 18.5 Å². The van der Waals surface area contributed by atoms with E-state index in [-0.39, 0.29) is 16.5 Å². The first-order chi connectivity index (χ1) is 17.8. The molecule has 3 aromatic rings. The van der Waals surface area contributed by atoms with E-state index >= 15 is 0 Å². The highest BCUT2D eigenvalue weighted by molar-refractivity contribution is 7.89. The highest BCUT2D eigenvalue weighted by Crippen LogP contribution is 2.26. The lowest BCUT2D eigenvalue weighted by Crippen LogP contribution is -2.38. The number of nitriles is 1. The van der Waals surface area contributed by atoms with Gasteiger partial charge in [0.1, 0.15) is 28.9 Å². The molecule has 37 heavy (non-hydrogen) atoms. The van der Waals surface area contributed by atoms with Crippen LogP contribution in [0.2, 0.25) is 0 Å². The number of anilines is 1. The Bertz CT molecular complexity index is 1450. The van der Waals surface area contributed by atoms with Gasteiger partial charge in [-0.25, -0.2) is 13.1 Å². The zero-order valence-electron chi connectivity index (χ0n) is 20.5. The van der Waals surface area contributed by atoms with Gasteiger partial charge in [-0.2, -0.15) is 5.26 Å². The molecule has 192 valence electrons. The molecule has 1 aromatic heterocycles. The number of carbonyl (C=O) groups excluding carboxylic acids is 1. The highest BCUT2D eigenvalue weighted by atomic mass is 32.2. The Hall–Kier alpha value is -3.91. The number of amides is 1. The fourth-order valence-corrected chi connectivity index (χ4v) is 5.18. The van der Waals surface area contributed by atoms with Crippen LogP contribution in [0.5, 0.6) is 5.75 Å². The van der Waals surface area contributed by atoms with E-state index in [1.54, 1.807) is 49.6 Å². The molecule has 0 bridgehead atoms. The van der Waals surface area contributed by atoms with Crippen molar-refractivity contribution in [2.75, 3.05) is 25.6 Å². The van der Waals surface area contributed by atoms with Crippen molar-refractivity contribution in [1.82, 2.24) is 4.72 Å². The maximum atomic E-state index is 12.7. The summed E-state index contributed by atoms with van der Waals surface area (Å²) in [5.41, 5.74) is 1.93. The molecular formula is C27H27N3O6S. The summed E-state index contributed by atoms with van der Waals surface area (Å²) in [6.07, 6.45) is 2.63. The van der Waals surface area contributed by atoms with Gasteiger partial charge in [-0.3, -0.25) is 4.79 Å². The molecule has 0 atom stereocenters. The van der Waals surface area contributed by atoms with Gasteiger partial charge >= 0.3 is 0 Å². The van der Waals surface area contributed by atoms with Crippen molar-refractivity contribution in [1.29, 1.82) is 5.26 Å². The van der Waals surface area contributed by atoms with Crippen LogP contribution in [-0.2, 0) is 19.6 Å². The summed E-state index contributed by atoms with van der Waals surface area (Å²) in [7, 11) is -2.11. The lowest BCUT2D eigenvalue weighted by atomic mass is 10.1. The normalized spacial score (nSPS) is 14.7. The van der Waals surface area contributed by atoms with Crippen LogP contribution < -0.4 is 14.8 Å². The third kappa shape index (κ3) is 6.46. The van der Waals surface area contributed by atoms with Gasteiger partial charge < -0.3 is 19.2 Å². The SMILES string of the molecule is COc1cc(NC(=O)/C(C#N)=C/c2ccc(-c3ccc(S(=O)(=O)NC4CCOCC4)cc3)o2)ccc1C. The van der Waals surface area contributed by atoms with Gasteiger partial charge in [0, 0.05) is 42.6 Å². The number of aryl methyl sites for hydroxylation is 1. The van der Waals surface area contributed by atoms with Crippen molar-refractivity contribution in [3.05, 3.63) is 71.5 Å². The van der Waals surface area contributed by atoms with Crippen LogP contribution in [-0.4, -0.2) is 40.7 Å². The summed E-state index contributed by atoms with van der Waals surface area (Å²) in [5, 5.41) is 12.2. The number of carbonyl (C=O) groups is 1. The number of hydrogen-bond donors (Lipinski definition) is 2. The van der Waals surface area contributed by atoms with E-state index in [2.05, 4.69) is 10.0 Å². The van der Waals surface area contributed by atoms with E-state index in [4.69, 9.17) is 13.9 Å². The Morgan fingerprint density at radius 2 is 1.84 bits per heavy atom. The van der Waals surface area contributed by atoms with Crippen LogP contribution in [0.1, 0.15) is 24.2 Å². The Morgan fingerprint density at radius 3 is 2.51 bits per heavy atom. The first-order valence-corrected chi connectivity index (χ1v) is 13.2. The lowest BCUT2D eigenvalue weighted by Gasteiger charge is -2.22. The second kappa shape index (κ2) is 11.4. The minimum Gasteiger partial charge on any atom is -0.496 e. The predicted octanol–water partition coefficient (Wildman–Crippen LogP) is 4.27. The highest BCUT2D eigenvalue weighted by Gasteiger charge is 2.22. The minimum absolute atomic E-state index is 0.138. The van der Waals surface area contributed by atoms with E-state index < -0.39 is 15.9 Å². The van der Waals surface area contributed by atoms with Crippen LogP contribution in [0.25, 0.3) is 17.4 Å². The third-order valence-corrected chi connectivity index (χ3v) is 7.47. The number of rotatable bonds is 8. The van der Waals surface area contributed by atoms with Crippen molar-refractivity contribution in [3.63, 3.8) is 0 Å². The number of benzene rings is 2. The van der Waals surface area contributed by atoms with E-state index in [0.717, 1.165) is 5.56 Å². The summed E-state index contributed by atoms with van der Waals surface area (Å²) in [6.45, 7) is 2.96. The standard InChI is InChI=1S/C27H27N3O6S/c1-18-3-6-22(16-26(18)34-2)29-27(31)20(17-28)15-23-7-10-25(36-23)19-4-8-24(9-5-19)37(32,33)30-21-11-13-35-14-12-21/h3-10,15-16,21,30H,11-14H2,1-2H3,(H,29,31)/b20-15+. The number of hydrogen-bond acceptors (Lipinski definition) is 7. The molecule has 2 aromatic carbocycles. The van der Waals surface area contributed by atoms with Gasteiger partial charge in [0.25, 0.3) is 5.91 Å². The monoisotopic (exact) mass is 521 g/mol. The maximum Gasteiger partial charge on any atom is 0.266 e. The molecule has 0 spiro atoms. The van der Waals surface area contributed by atoms with Crippen LogP contribution in [0.3, 0.4) is 0 Å². The van der Waals surface area contributed by atoms with Gasteiger partial charge in [0.2, 0.25) is 10.0 Å². The van der Waals surface area contributed by atoms with Crippen molar-refractivity contribution in [3.8, 4) is 23.1 Å². The maximum absolute atomic E-state index is 12.7. The van der Waals surface area contributed by atoms with E-state index in [0.29, 0.717) is 54.6 Å². The Kier molecular flexibility index (Phi) is 8.08. The molecule has 4 rings (SSSR count). The number of ether oxygens (including phenoxy) is 2. The summed E-state index contributed by atoms with van der Waals surface area (Å²) in [6, 6.07) is 16.6. The van der Waals surface area contributed by atoms with Gasteiger partial charge in [0.15, 0.2) is 0 Å². The summed E-state index contributed by atoms with van der Waals surface area (Å²) < 4.78 is 44.5. The van der Waals surface area contributed by atoms with Gasteiger partial charge in [-0.15, -0.1) is 0 Å². The molecule has 2 heterocycles. The molecule has 1 amide bonds. The second-order valence-corrected chi connectivity index (χ2v) is 10.3. The van der Waals surface area contributed by atoms with Gasteiger partial charge in [0.05, 0.1) is 12.0 Å². The summed E-state index contributed by atoms with van der Waals surface area (Å²) >= 11 is 0. The third-order valence-electron chi connectivity index (χ3n) is 5.94. The molecule has 2 N–H and O–H groups in total. The Labute approximate surface area is 215 Å². The lowest BCUT2D eigenvalue weighted by molar-refractivity contribution is -0.112. The molecular weight excluding hydrogens is 494 g/mol. The molecule has 10 heteroatoms. The summed E-state index contributed by atoms with van der Waals surface area (Å²) in [5.74, 6) is 0.807.